The third-order valence-electron chi connectivity index (χ3n) is 5.31. The maximum Gasteiger partial charge on any atom is 0.293 e. The average Bonchev–Trinajstić information content (AvgIpc) is 3.42. The zero-order valence-electron chi connectivity index (χ0n) is 16.0. The summed E-state index contributed by atoms with van der Waals surface area (Å²) in [5, 5.41) is 8.73. The molecule has 1 atom stereocenters. The van der Waals surface area contributed by atoms with E-state index in [-0.39, 0.29) is 17.6 Å². The summed E-state index contributed by atoms with van der Waals surface area (Å²) in [5.74, 6) is 0.120. The lowest BCUT2D eigenvalue weighted by Crippen LogP contribution is -2.39. The summed E-state index contributed by atoms with van der Waals surface area (Å²) < 4.78 is 3.42. The van der Waals surface area contributed by atoms with Gasteiger partial charge in [0.2, 0.25) is 5.82 Å². The third-order valence-corrected chi connectivity index (χ3v) is 5.31. The van der Waals surface area contributed by atoms with Gasteiger partial charge >= 0.3 is 0 Å². The van der Waals surface area contributed by atoms with E-state index >= 15 is 0 Å². The number of hydrogen-bond donors (Lipinski definition) is 0. The van der Waals surface area contributed by atoms with E-state index in [1.807, 2.05) is 66.8 Å². The molecule has 0 radical (unpaired) electrons. The lowest BCUT2D eigenvalue weighted by atomic mass is 9.86. The molecular weight excluding hydrogens is 364 g/mol. The second kappa shape index (κ2) is 7.01. The molecule has 1 aliphatic rings. The van der Waals surface area contributed by atoms with Crippen LogP contribution in [0.25, 0.3) is 5.69 Å². The molecule has 1 unspecified atom stereocenters. The van der Waals surface area contributed by atoms with Crippen LogP contribution in [-0.2, 0) is 13.6 Å². The van der Waals surface area contributed by atoms with Crippen LogP contribution in [0.3, 0.4) is 0 Å². The van der Waals surface area contributed by atoms with Gasteiger partial charge in [-0.05, 0) is 28.8 Å². The van der Waals surface area contributed by atoms with Crippen molar-refractivity contribution in [2.45, 2.75) is 12.5 Å². The van der Waals surface area contributed by atoms with Crippen LogP contribution in [0, 0.1) is 0 Å². The molecule has 144 valence electrons. The molecule has 29 heavy (non-hydrogen) atoms. The van der Waals surface area contributed by atoms with Crippen molar-refractivity contribution in [1.82, 2.24) is 29.4 Å². The highest BCUT2D eigenvalue weighted by Gasteiger charge is 2.31. The second-order valence-electron chi connectivity index (χ2n) is 7.23. The van der Waals surface area contributed by atoms with Gasteiger partial charge in [-0.1, -0.05) is 42.5 Å². The van der Waals surface area contributed by atoms with Gasteiger partial charge in [-0.25, -0.2) is 9.67 Å². The van der Waals surface area contributed by atoms with Gasteiger partial charge in [-0.15, -0.1) is 5.10 Å². The van der Waals surface area contributed by atoms with Gasteiger partial charge in [0.05, 0.1) is 11.9 Å². The van der Waals surface area contributed by atoms with Crippen LogP contribution in [0.5, 0.6) is 0 Å². The Labute approximate surface area is 168 Å². The molecule has 0 N–H and O–H groups in total. The fourth-order valence-electron chi connectivity index (χ4n) is 3.87. The van der Waals surface area contributed by atoms with E-state index in [4.69, 9.17) is 0 Å². The predicted molar refractivity (Wildman–Crippen MR) is 108 cm³/mol. The van der Waals surface area contributed by atoms with Gasteiger partial charge in [-0.3, -0.25) is 9.48 Å². The molecule has 7 heteroatoms. The number of rotatable bonds is 3. The molecule has 2 aromatic carbocycles. The number of fused-ring (bicyclic) bond motifs is 1. The Morgan fingerprint density at radius 3 is 2.66 bits per heavy atom. The van der Waals surface area contributed by atoms with Crippen molar-refractivity contribution in [3.63, 3.8) is 0 Å². The first-order chi connectivity index (χ1) is 14.2. The molecule has 3 heterocycles. The van der Waals surface area contributed by atoms with Gasteiger partial charge in [0.1, 0.15) is 6.33 Å². The molecule has 2 aromatic heterocycles. The summed E-state index contributed by atoms with van der Waals surface area (Å²) in [6.45, 7) is 1.12. The Morgan fingerprint density at radius 2 is 1.86 bits per heavy atom. The number of carbonyl (C=O) groups excluding carboxylic acids is 1. The minimum absolute atomic E-state index is 0.0776. The quantitative estimate of drug-likeness (QED) is 0.545. The summed E-state index contributed by atoms with van der Waals surface area (Å²) in [6.07, 6.45) is 5.47. The van der Waals surface area contributed by atoms with Crippen LogP contribution in [0.4, 0.5) is 0 Å². The largest absolute Gasteiger partial charge is 0.331 e. The Morgan fingerprint density at radius 1 is 1.07 bits per heavy atom. The molecule has 7 nitrogen and oxygen atoms in total. The topological polar surface area (TPSA) is 68.8 Å². The maximum atomic E-state index is 13.2. The Balaban J connectivity index is 1.46. The molecule has 1 aliphatic heterocycles. The molecule has 0 fully saturated rings. The zero-order valence-corrected chi connectivity index (χ0v) is 16.0. The van der Waals surface area contributed by atoms with Gasteiger partial charge < -0.3 is 4.90 Å². The number of aryl methyl sites for hydroxylation is 1. The van der Waals surface area contributed by atoms with Crippen molar-refractivity contribution in [2.75, 3.05) is 6.54 Å². The third kappa shape index (κ3) is 3.20. The summed E-state index contributed by atoms with van der Waals surface area (Å²) in [6, 6.07) is 17.9. The molecule has 1 amide bonds. The summed E-state index contributed by atoms with van der Waals surface area (Å²) >= 11 is 0. The van der Waals surface area contributed by atoms with Crippen LogP contribution in [0.2, 0.25) is 0 Å². The lowest BCUT2D eigenvalue weighted by molar-refractivity contribution is 0.0712. The highest BCUT2D eigenvalue weighted by molar-refractivity contribution is 5.90. The highest BCUT2D eigenvalue weighted by Crippen LogP contribution is 2.33. The van der Waals surface area contributed by atoms with Crippen LogP contribution >= 0.6 is 0 Å². The van der Waals surface area contributed by atoms with E-state index in [1.165, 1.54) is 5.56 Å². The minimum atomic E-state index is -0.164. The van der Waals surface area contributed by atoms with E-state index in [0.29, 0.717) is 13.1 Å². The van der Waals surface area contributed by atoms with Crippen molar-refractivity contribution in [3.05, 3.63) is 95.8 Å². The normalized spacial score (nSPS) is 15.9. The Bertz CT molecular complexity index is 1160. The first-order valence-corrected chi connectivity index (χ1v) is 9.52. The smallest absolute Gasteiger partial charge is 0.293 e. The van der Waals surface area contributed by atoms with Crippen molar-refractivity contribution in [3.8, 4) is 5.69 Å². The van der Waals surface area contributed by atoms with Gasteiger partial charge in [-0.2, -0.15) is 5.10 Å². The van der Waals surface area contributed by atoms with E-state index in [2.05, 4.69) is 27.3 Å². The van der Waals surface area contributed by atoms with Crippen molar-refractivity contribution >= 4 is 5.91 Å². The van der Waals surface area contributed by atoms with Crippen molar-refractivity contribution in [2.24, 2.45) is 7.05 Å². The molecule has 0 saturated heterocycles. The van der Waals surface area contributed by atoms with Crippen LogP contribution in [-0.4, -0.2) is 41.9 Å². The number of nitrogens with zero attached hydrogens (tertiary/aromatic N) is 6. The molecule has 4 aromatic rings. The summed E-state index contributed by atoms with van der Waals surface area (Å²) in [7, 11) is 1.90. The molecule has 0 saturated carbocycles. The van der Waals surface area contributed by atoms with Gasteiger partial charge in [0.15, 0.2) is 0 Å². The first kappa shape index (κ1) is 17.4. The Hall–Kier alpha value is -3.74. The maximum absolute atomic E-state index is 13.2. The SMILES string of the molecule is Cn1cc(C2CN(C(=O)c3ncn(-c4ccccc4)n3)Cc3ccccc32)cn1. The monoisotopic (exact) mass is 384 g/mol. The number of amides is 1. The Kier molecular flexibility index (Phi) is 4.20. The number of aromatic nitrogens is 5. The predicted octanol–water partition coefficient (Wildman–Crippen LogP) is 2.79. The number of para-hydroxylation sites is 1. The van der Waals surface area contributed by atoms with E-state index < -0.39 is 0 Å². The highest BCUT2D eigenvalue weighted by atomic mass is 16.2. The number of hydrogen-bond acceptors (Lipinski definition) is 4. The van der Waals surface area contributed by atoms with Crippen molar-refractivity contribution in [1.29, 1.82) is 0 Å². The van der Waals surface area contributed by atoms with E-state index in [1.54, 1.807) is 15.7 Å². The van der Waals surface area contributed by atoms with E-state index in [0.717, 1.165) is 16.8 Å². The number of benzene rings is 2. The fourth-order valence-corrected chi connectivity index (χ4v) is 3.87. The standard InChI is InChI=1S/C22H20N6O/c1-26-12-17(11-24-26)20-14-27(13-16-7-5-6-10-19(16)20)22(29)21-23-15-28(25-21)18-8-3-2-4-9-18/h2-12,15,20H,13-14H2,1H3. The molecular formula is C22H20N6O. The molecule has 0 bridgehead atoms. The zero-order chi connectivity index (χ0) is 19.8. The van der Waals surface area contributed by atoms with Gasteiger partial charge in [0.25, 0.3) is 5.91 Å². The van der Waals surface area contributed by atoms with Crippen LogP contribution in [0.15, 0.2) is 73.3 Å². The summed E-state index contributed by atoms with van der Waals surface area (Å²) in [4.78, 5) is 19.3. The second-order valence-corrected chi connectivity index (χ2v) is 7.23. The summed E-state index contributed by atoms with van der Waals surface area (Å²) in [5.41, 5.74) is 4.35. The molecule has 0 spiro atoms. The minimum Gasteiger partial charge on any atom is -0.331 e. The fraction of sp³-hybridized carbons (Fsp3) is 0.182. The average molecular weight is 384 g/mol. The van der Waals surface area contributed by atoms with Crippen LogP contribution < -0.4 is 0 Å². The molecule has 5 rings (SSSR count). The van der Waals surface area contributed by atoms with Crippen molar-refractivity contribution < 1.29 is 4.79 Å². The van der Waals surface area contributed by atoms with E-state index in [9.17, 15) is 4.79 Å². The first-order valence-electron chi connectivity index (χ1n) is 9.52. The van der Waals surface area contributed by atoms with Crippen LogP contribution in [0.1, 0.15) is 33.2 Å². The number of carbonyl (C=O) groups is 1. The van der Waals surface area contributed by atoms with Gasteiger partial charge in [0, 0.05) is 32.3 Å². The lowest BCUT2D eigenvalue weighted by Gasteiger charge is -2.33. The molecule has 0 aliphatic carbocycles.